The van der Waals surface area contributed by atoms with Crippen LogP contribution in [-0.2, 0) is 11.3 Å². The molecule has 2 N–H and O–H groups in total. The molecule has 0 radical (unpaired) electrons. The highest BCUT2D eigenvalue weighted by atomic mass is 32.1. The Kier molecular flexibility index (Phi) is 4.48. The van der Waals surface area contributed by atoms with Crippen LogP contribution < -0.4 is 10.6 Å². The van der Waals surface area contributed by atoms with Gasteiger partial charge in [-0.3, -0.25) is 9.20 Å². The van der Waals surface area contributed by atoms with Crippen molar-refractivity contribution in [3.05, 3.63) is 52.3 Å². The van der Waals surface area contributed by atoms with Crippen molar-refractivity contribution in [1.29, 1.82) is 0 Å². The summed E-state index contributed by atoms with van der Waals surface area (Å²) in [5.41, 5.74) is 5.93. The molecule has 0 saturated heterocycles. The van der Waals surface area contributed by atoms with Gasteiger partial charge in [0.05, 0.1) is 11.4 Å². The Morgan fingerprint density at radius 1 is 1.25 bits per heavy atom. The quantitative estimate of drug-likeness (QED) is 0.606. The molecule has 2 aromatic heterocycles. The molecule has 0 bridgehead atoms. The van der Waals surface area contributed by atoms with Gasteiger partial charge >= 0.3 is 0 Å². The number of hydrogen-bond acceptors (Lipinski definition) is 4. The topological polar surface area (TPSA) is 58.4 Å². The van der Waals surface area contributed by atoms with Crippen LogP contribution >= 0.6 is 11.3 Å². The number of carbonyl (C=O) groups is 1. The largest absolute Gasteiger partial charge is 0.326 e. The standard InChI is InChI=1S/C22H26N4OS/c1-13(15-7-9-18(10-8-15)25-21(27)17-5-6-17)23-11-19-14(2)24-22-26(19)20(12-28-22)16-3-4-16/h7-10,12-13,16-17,23H,3-6,11H2,1-2H3,(H,25,27)/t13-/m1/s1. The molecule has 2 aliphatic carbocycles. The number of nitrogens with one attached hydrogen (secondary N) is 2. The third-order valence-electron chi connectivity index (χ3n) is 5.88. The summed E-state index contributed by atoms with van der Waals surface area (Å²) in [6, 6.07) is 8.42. The number of fused-ring (bicyclic) bond motifs is 1. The van der Waals surface area contributed by atoms with Crippen LogP contribution in [0.2, 0.25) is 0 Å². The summed E-state index contributed by atoms with van der Waals surface area (Å²) in [5.74, 6) is 1.10. The van der Waals surface area contributed by atoms with Gasteiger partial charge in [-0.05, 0) is 57.2 Å². The van der Waals surface area contributed by atoms with Crippen molar-refractivity contribution in [2.75, 3.05) is 5.32 Å². The molecule has 2 aliphatic rings. The van der Waals surface area contributed by atoms with E-state index in [1.54, 1.807) is 11.3 Å². The van der Waals surface area contributed by atoms with Crippen molar-refractivity contribution < 1.29 is 4.79 Å². The Bertz CT molecular complexity index is 1010. The molecule has 6 heteroatoms. The lowest BCUT2D eigenvalue weighted by molar-refractivity contribution is -0.117. The number of benzene rings is 1. The molecule has 1 amide bonds. The number of imidazole rings is 1. The highest BCUT2D eigenvalue weighted by Crippen LogP contribution is 2.42. The predicted molar refractivity (Wildman–Crippen MR) is 113 cm³/mol. The van der Waals surface area contributed by atoms with E-state index in [9.17, 15) is 4.79 Å². The fraction of sp³-hybridized carbons (Fsp3) is 0.455. The summed E-state index contributed by atoms with van der Waals surface area (Å²) in [6.07, 6.45) is 4.66. The van der Waals surface area contributed by atoms with Gasteiger partial charge in [0.1, 0.15) is 0 Å². The third-order valence-corrected chi connectivity index (χ3v) is 6.73. The van der Waals surface area contributed by atoms with Crippen molar-refractivity contribution >= 4 is 27.9 Å². The highest BCUT2D eigenvalue weighted by Gasteiger charge is 2.30. The number of thiazole rings is 1. The van der Waals surface area contributed by atoms with E-state index < -0.39 is 0 Å². The summed E-state index contributed by atoms with van der Waals surface area (Å²) in [5, 5.41) is 8.94. The fourth-order valence-corrected chi connectivity index (χ4v) is 4.76. The number of rotatable bonds is 7. The molecular formula is C22H26N4OS. The minimum atomic E-state index is 0.154. The Balaban J connectivity index is 1.26. The number of aromatic nitrogens is 2. The van der Waals surface area contributed by atoms with Crippen LogP contribution in [-0.4, -0.2) is 15.3 Å². The molecule has 28 heavy (non-hydrogen) atoms. The average molecular weight is 395 g/mol. The molecule has 5 rings (SSSR count). The molecule has 5 nitrogen and oxygen atoms in total. The van der Waals surface area contributed by atoms with E-state index in [1.165, 1.54) is 29.8 Å². The van der Waals surface area contributed by atoms with Crippen LogP contribution in [0.5, 0.6) is 0 Å². The maximum absolute atomic E-state index is 11.9. The van der Waals surface area contributed by atoms with E-state index in [0.717, 1.165) is 41.6 Å². The number of hydrogen-bond donors (Lipinski definition) is 2. The van der Waals surface area contributed by atoms with Gasteiger partial charge in [-0.2, -0.15) is 0 Å². The molecule has 3 aromatic rings. The average Bonchev–Trinajstić information content (AvgIpc) is 3.60. The van der Waals surface area contributed by atoms with E-state index in [2.05, 4.69) is 46.4 Å². The van der Waals surface area contributed by atoms with E-state index in [1.807, 2.05) is 12.1 Å². The molecule has 146 valence electrons. The second kappa shape index (κ2) is 7.01. The zero-order valence-corrected chi connectivity index (χ0v) is 17.2. The van der Waals surface area contributed by atoms with E-state index in [0.29, 0.717) is 0 Å². The predicted octanol–water partition coefficient (Wildman–Crippen LogP) is 4.78. The van der Waals surface area contributed by atoms with Crippen molar-refractivity contribution in [3.63, 3.8) is 0 Å². The Morgan fingerprint density at radius 3 is 2.68 bits per heavy atom. The maximum atomic E-state index is 11.9. The van der Waals surface area contributed by atoms with Crippen LogP contribution in [0.4, 0.5) is 5.69 Å². The molecule has 2 saturated carbocycles. The van der Waals surface area contributed by atoms with Gasteiger partial charge in [0.15, 0.2) is 4.96 Å². The number of aryl methyl sites for hydroxylation is 1. The molecule has 1 aromatic carbocycles. The first-order chi connectivity index (χ1) is 13.6. The normalized spacial score (nSPS) is 17.8. The summed E-state index contributed by atoms with van der Waals surface area (Å²) in [4.78, 5) is 17.8. The van der Waals surface area contributed by atoms with Crippen LogP contribution in [0.3, 0.4) is 0 Å². The van der Waals surface area contributed by atoms with Crippen LogP contribution in [0.1, 0.15) is 67.2 Å². The lowest BCUT2D eigenvalue weighted by Gasteiger charge is -2.15. The van der Waals surface area contributed by atoms with Gasteiger partial charge in [-0.1, -0.05) is 12.1 Å². The van der Waals surface area contributed by atoms with Gasteiger partial charge in [-0.25, -0.2) is 4.98 Å². The van der Waals surface area contributed by atoms with Gasteiger partial charge in [0.2, 0.25) is 5.91 Å². The lowest BCUT2D eigenvalue weighted by atomic mass is 10.1. The Morgan fingerprint density at radius 2 is 2.00 bits per heavy atom. The smallest absolute Gasteiger partial charge is 0.227 e. The molecule has 1 atom stereocenters. The highest BCUT2D eigenvalue weighted by molar-refractivity contribution is 7.15. The van der Waals surface area contributed by atoms with Crippen molar-refractivity contribution in [2.24, 2.45) is 5.92 Å². The van der Waals surface area contributed by atoms with E-state index in [4.69, 9.17) is 4.98 Å². The summed E-state index contributed by atoms with van der Waals surface area (Å²) in [7, 11) is 0. The maximum Gasteiger partial charge on any atom is 0.227 e. The molecule has 0 aliphatic heterocycles. The number of amides is 1. The summed E-state index contributed by atoms with van der Waals surface area (Å²) >= 11 is 1.75. The second-order valence-corrected chi connectivity index (χ2v) is 9.02. The number of carbonyl (C=O) groups excluding carboxylic acids is 1. The first-order valence-corrected chi connectivity index (χ1v) is 11.1. The lowest BCUT2D eigenvalue weighted by Crippen LogP contribution is -2.20. The zero-order valence-electron chi connectivity index (χ0n) is 16.4. The first-order valence-electron chi connectivity index (χ1n) is 10.2. The minimum absolute atomic E-state index is 0.154. The molecule has 2 fully saturated rings. The summed E-state index contributed by atoms with van der Waals surface area (Å²) < 4.78 is 2.37. The van der Waals surface area contributed by atoms with Gasteiger partial charge in [0, 0.05) is 41.2 Å². The molecule has 0 spiro atoms. The fourth-order valence-electron chi connectivity index (χ4n) is 3.72. The second-order valence-electron chi connectivity index (χ2n) is 8.18. The number of anilines is 1. The summed E-state index contributed by atoms with van der Waals surface area (Å²) in [6.45, 7) is 5.08. The van der Waals surface area contributed by atoms with Crippen molar-refractivity contribution in [3.8, 4) is 0 Å². The van der Waals surface area contributed by atoms with Crippen LogP contribution in [0.15, 0.2) is 29.6 Å². The Labute approximate surface area is 169 Å². The SMILES string of the molecule is Cc1nc2scc(C3CC3)n2c1CN[C@H](C)c1ccc(NC(=O)C2CC2)cc1. The Hall–Kier alpha value is -2.18. The van der Waals surface area contributed by atoms with Crippen molar-refractivity contribution in [1.82, 2.24) is 14.7 Å². The van der Waals surface area contributed by atoms with Crippen LogP contribution in [0, 0.1) is 12.8 Å². The molecule has 0 unspecified atom stereocenters. The third kappa shape index (κ3) is 3.47. The van der Waals surface area contributed by atoms with E-state index in [-0.39, 0.29) is 17.9 Å². The van der Waals surface area contributed by atoms with Crippen LogP contribution in [0.25, 0.3) is 4.96 Å². The first kappa shape index (κ1) is 17.9. The zero-order chi connectivity index (χ0) is 19.3. The van der Waals surface area contributed by atoms with Gasteiger partial charge in [-0.15, -0.1) is 11.3 Å². The minimum Gasteiger partial charge on any atom is -0.326 e. The van der Waals surface area contributed by atoms with E-state index >= 15 is 0 Å². The van der Waals surface area contributed by atoms with Crippen molar-refractivity contribution in [2.45, 2.75) is 58.0 Å². The molecule has 2 heterocycles. The number of nitrogens with zero attached hydrogens (tertiary/aromatic N) is 2. The van der Waals surface area contributed by atoms with Gasteiger partial charge < -0.3 is 10.6 Å². The monoisotopic (exact) mass is 394 g/mol. The molecular weight excluding hydrogens is 368 g/mol. The van der Waals surface area contributed by atoms with Gasteiger partial charge in [0.25, 0.3) is 0 Å².